The summed E-state index contributed by atoms with van der Waals surface area (Å²) in [6, 6.07) is 7.95. The van der Waals surface area contributed by atoms with E-state index in [-0.39, 0.29) is 6.10 Å². The number of hydrogen-bond donors (Lipinski definition) is 0. The summed E-state index contributed by atoms with van der Waals surface area (Å²) >= 11 is 9.75. The molecule has 0 aliphatic heterocycles. The van der Waals surface area contributed by atoms with Gasteiger partial charge in [-0.1, -0.05) is 65.0 Å². The Balaban J connectivity index is 1.91. The lowest BCUT2D eigenvalue weighted by Crippen LogP contribution is -2.16. The molecule has 1 fully saturated rings. The molecule has 1 nitrogen and oxygen atoms in total. The van der Waals surface area contributed by atoms with Gasteiger partial charge in [-0.15, -0.1) is 0 Å². The molecule has 0 heterocycles. The zero-order chi connectivity index (χ0) is 12.8. The molecule has 1 aliphatic rings. The van der Waals surface area contributed by atoms with Crippen LogP contribution < -0.4 is 0 Å². The molecule has 0 aromatic heterocycles. The predicted molar refractivity (Wildman–Crippen MR) is 80.5 cm³/mol. The van der Waals surface area contributed by atoms with Gasteiger partial charge in [-0.2, -0.15) is 0 Å². The summed E-state index contributed by atoms with van der Waals surface area (Å²) in [6.45, 7) is 0.863. The maximum atomic E-state index is 6.22. The van der Waals surface area contributed by atoms with Crippen molar-refractivity contribution in [2.75, 3.05) is 11.9 Å². The van der Waals surface area contributed by atoms with Crippen LogP contribution in [-0.2, 0) is 4.74 Å². The molecule has 0 amide bonds. The highest BCUT2D eigenvalue weighted by molar-refractivity contribution is 9.09. The minimum Gasteiger partial charge on any atom is -0.372 e. The van der Waals surface area contributed by atoms with Crippen LogP contribution in [-0.4, -0.2) is 11.9 Å². The van der Waals surface area contributed by atoms with E-state index in [4.69, 9.17) is 16.3 Å². The van der Waals surface area contributed by atoms with Crippen LogP contribution >= 0.6 is 27.5 Å². The van der Waals surface area contributed by atoms with Crippen molar-refractivity contribution in [3.63, 3.8) is 0 Å². The molecule has 2 rings (SSSR count). The van der Waals surface area contributed by atoms with E-state index in [2.05, 4.69) is 22.0 Å². The summed E-state index contributed by atoms with van der Waals surface area (Å²) in [5.41, 5.74) is 1.09. The molecule has 0 saturated heterocycles. The van der Waals surface area contributed by atoms with Crippen molar-refractivity contribution in [1.29, 1.82) is 0 Å². The summed E-state index contributed by atoms with van der Waals surface area (Å²) < 4.78 is 6.07. The Kier molecular flexibility index (Phi) is 6.00. The third-order valence-electron chi connectivity index (χ3n) is 3.65. The van der Waals surface area contributed by atoms with Gasteiger partial charge in [0.15, 0.2) is 0 Å². The average molecular weight is 332 g/mol. The minimum absolute atomic E-state index is 0.0700. The number of halogens is 2. The second kappa shape index (κ2) is 7.52. The zero-order valence-corrected chi connectivity index (χ0v) is 12.9. The molecule has 1 aliphatic carbocycles. The number of alkyl halides is 1. The number of ether oxygens (including phenoxy) is 1. The Morgan fingerprint density at radius 3 is 2.61 bits per heavy atom. The van der Waals surface area contributed by atoms with Crippen molar-refractivity contribution >= 4 is 27.5 Å². The molecule has 1 unspecified atom stereocenters. The van der Waals surface area contributed by atoms with Gasteiger partial charge in [0.2, 0.25) is 0 Å². The van der Waals surface area contributed by atoms with Gasteiger partial charge >= 0.3 is 0 Å². The molecule has 100 valence electrons. The van der Waals surface area contributed by atoms with Gasteiger partial charge < -0.3 is 4.74 Å². The van der Waals surface area contributed by atoms with Gasteiger partial charge in [0, 0.05) is 15.9 Å². The Morgan fingerprint density at radius 1 is 1.22 bits per heavy atom. The van der Waals surface area contributed by atoms with Crippen LogP contribution in [0.1, 0.15) is 43.8 Å². The third-order valence-corrected chi connectivity index (χ3v) is 4.58. The van der Waals surface area contributed by atoms with Crippen molar-refractivity contribution in [3.8, 4) is 0 Å². The standard InChI is InChI=1S/C15H20BrClO/c16-10-15(13-8-4-5-9-14(13)17)18-11-12-6-2-1-3-7-12/h4-5,8-9,12,15H,1-3,6-7,10-11H2. The largest absolute Gasteiger partial charge is 0.372 e. The van der Waals surface area contributed by atoms with Crippen LogP contribution in [0.2, 0.25) is 5.02 Å². The summed E-state index contributed by atoms with van der Waals surface area (Å²) in [5, 5.41) is 1.59. The smallest absolute Gasteiger partial charge is 0.0936 e. The molecular formula is C15H20BrClO. The molecule has 1 atom stereocenters. The SMILES string of the molecule is Clc1ccccc1C(CBr)OCC1CCCCC1. The van der Waals surface area contributed by atoms with Crippen molar-refractivity contribution in [2.45, 2.75) is 38.2 Å². The first-order chi connectivity index (χ1) is 8.81. The molecule has 1 aromatic carbocycles. The van der Waals surface area contributed by atoms with Crippen LogP contribution in [0.4, 0.5) is 0 Å². The Hall–Kier alpha value is -0.0500. The number of rotatable bonds is 5. The van der Waals surface area contributed by atoms with Crippen LogP contribution in [0, 0.1) is 5.92 Å². The highest BCUT2D eigenvalue weighted by Gasteiger charge is 2.18. The fourth-order valence-electron chi connectivity index (χ4n) is 2.56. The van der Waals surface area contributed by atoms with Crippen molar-refractivity contribution in [2.24, 2.45) is 5.92 Å². The van der Waals surface area contributed by atoms with Gasteiger partial charge in [0.25, 0.3) is 0 Å². The monoisotopic (exact) mass is 330 g/mol. The normalized spacial score (nSPS) is 18.8. The van der Waals surface area contributed by atoms with Crippen molar-refractivity contribution in [1.82, 2.24) is 0 Å². The summed E-state index contributed by atoms with van der Waals surface area (Å²) in [7, 11) is 0. The number of hydrogen-bond acceptors (Lipinski definition) is 1. The first-order valence-electron chi connectivity index (χ1n) is 6.73. The minimum atomic E-state index is 0.0700. The fourth-order valence-corrected chi connectivity index (χ4v) is 3.35. The molecule has 0 radical (unpaired) electrons. The van der Waals surface area contributed by atoms with Crippen LogP contribution in [0.5, 0.6) is 0 Å². The third kappa shape index (κ3) is 3.97. The first-order valence-corrected chi connectivity index (χ1v) is 8.23. The topological polar surface area (TPSA) is 9.23 Å². The number of benzene rings is 1. The van der Waals surface area contributed by atoms with E-state index < -0.39 is 0 Å². The zero-order valence-electron chi connectivity index (χ0n) is 10.6. The Labute approximate surface area is 123 Å². The van der Waals surface area contributed by atoms with E-state index in [1.165, 1.54) is 32.1 Å². The summed E-state index contributed by atoms with van der Waals surface area (Å²) in [5.74, 6) is 0.739. The highest BCUT2D eigenvalue weighted by atomic mass is 79.9. The Bertz CT molecular complexity index is 363. The first kappa shape index (κ1) is 14.4. The van der Waals surface area contributed by atoms with E-state index in [0.717, 1.165) is 28.4 Å². The van der Waals surface area contributed by atoms with Crippen molar-refractivity contribution in [3.05, 3.63) is 34.9 Å². The van der Waals surface area contributed by atoms with Crippen molar-refractivity contribution < 1.29 is 4.74 Å². The fraction of sp³-hybridized carbons (Fsp3) is 0.600. The van der Waals surface area contributed by atoms with Crippen LogP contribution in [0.3, 0.4) is 0 Å². The molecular weight excluding hydrogens is 312 g/mol. The molecule has 1 aromatic rings. The lowest BCUT2D eigenvalue weighted by Gasteiger charge is -2.24. The molecule has 0 bridgehead atoms. The maximum absolute atomic E-state index is 6.22. The average Bonchev–Trinajstić information content (AvgIpc) is 2.42. The second-order valence-electron chi connectivity index (χ2n) is 5.00. The van der Waals surface area contributed by atoms with E-state index in [9.17, 15) is 0 Å². The quantitative estimate of drug-likeness (QED) is 0.659. The lowest BCUT2D eigenvalue weighted by atomic mass is 9.90. The molecule has 0 spiro atoms. The molecule has 0 N–H and O–H groups in total. The maximum Gasteiger partial charge on any atom is 0.0936 e. The lowest BCUT2D eigenvalue weighted by molar-refractivity contribution is 0.0336. The van der Waals surface area contributed by atoms with E-state index in [0.29, 0.717) is 0 Å². The van der Waals surface area contributed by atoms with E-state index in [1.807, 2.05) is 18.2 Å². The van der Waals surface area contributed by atoms with Crippen LogP contribution in [0.15, 0.2) is 24.3 Å². The molecule has 3 heteroatoms. The van der Waals surface area contributed by atoms with Crippen LogP contribution in [0.25, 0.3) is 0 Å². The van der Waals surface area contributed by atoms with Gasteiger partial charge in [-0.05, 0) is 24.8 Å². The highest BCUT2D eigenvalue weighted by Crippen LogP contribution is 2.30. The van der Waals surface area contributed by atoms with E-state index >= 15 is 0 Å². The summed E-state index contributed by atoms with van der Waals surface area (Å²) in [4.78, 5) is 0. The Morgan fingerprint density at radius 2 is 1.94 bits per heavy atom. The molecule has 1 saturated carbocycles. The molecule has 18 heavy (non-hydrogen) atoms. The second-order valence-corrected chi connectivity index (χ2v) is 6.06. The van der Waals surface area contributed by atoms with Gasteiger partial charge in [-0.25, -0.2) is 0 Å². The van der Waals surface area contributed by atoms with Gasteiger partial charge in [0.1, 0.15) is 0 Å². The summed E-state index contributed by atoms with van der Waals surface area (Å²) in [6.07, 6.45) is 6.82. The van der Waals surface area contributed by atoms with E-state index in [1.54, 1.807) is 0 Å². The van der Waals surface area contributed by atoms with Gasteiger partial charge in [0.05, 0.1) is 12.7 Å². The van der Waals surface area contributed by atoms with Gasteiger partial charge in [-0.3, -0.25) is 0 Å². The predicted octanol–water partition coefficient (Wildman–Crippen LogP) is 5.37.